The first-order chi connectivity index (χ1) is 11.7. The van der Waals surface area contributed by atoms with Crippen molar-refractivity contribution < 1.29 is 18.7 Å². The van der Waals surface area contributed by atoms with Gasteiger partial charge in [-0.2, -0.15) is 0 Å². The molecule has 0 aliphatic carbocycles. The number of halogens is 1. The maximum atomic E-state index is 12.8. The lowest BCUT2D eigenvalue weighted by molar-refractivity contribution is -0.136. The van der Waals surface area contributed by atoms with E-state index in [-0.39, 0.29) is 24.4 Å². The van der Waals surface area contributed by atoms with Crippen molar-refractivity contribution in [2.24, 2.45) is 0 Å². The SMILES string of the molecule is O=C(COc1ccc(F)cc1)N1CCCC(Oc2ccncn2)C1. The van der Waals surface area contributed by atoms with Crippen LogP contribution >= 0.6 is 0 Å². The Hall–Kier alpha value is -2.70. The molecule has 1 aromatic heterocycles. The third-order valence-electron chi connectivity index (χ3n) is 3.75. The second-order valence-corrected chi connectivity index (χ2v) is 5.51. The normalized spacial score (nSPS) is 17.4. The summed E-state index contributed by atoms with van der Waals surface area (Å²) in [6.07, 6.45) is 4.68. The minimum atomic E-state index is -0.339. The van der Waals surface area contributed by atoms with Gasteiger partial charge in [0.25, 0.3) is 5.91 Å². The van der Waals surface area contributed by atoms with Crippen LogP contribution in [-0.4, -0.2) is 46.6 Å². The number of benzene rings is 1. The van der Waals surface area contributed by atoms with Crippen LogP contribution in [0.2, 0.25) is 0 Å². The van der Waals surface area contributed by atoms with Gasteiger partial charge in [-0.05, 0) is 37.1 Å². The quantitative estimate of drug-likeness (QED) is 0.839. The van der Waals surface area contributed by atoms with E-state index in [4.69, 9.17) is 9.47 Å². The Morgan fingerprint density at radius 1 is 1.29 bits per heavy atom. The minimum absolute atomic E-state index is 0.0775. The number of likely N-dealkylation sites (tertiary alicyclic amines) is 1. The molecule has 1 aromatic carbocycles. The highest BCUT2D eigenvalue weighted by atomic mass is 19.1. The number of rotatable bonds is 5. The molecule has 3 rings (SSSR count). The van der Waals surface area contributed by atoms with Crippen LogP contribution in [0.1, 0.15) is 12.8 Å². The molecule has 2 heterocycles. The molecule has 1 fully saturated rings. The second-order valence-electron chi connectivity index (χ2n) is 5.51. The van der Waals surface area contributed by atoms with Crippen LogP contribution in [0.3, 0.4) is 0 Å². The Morgan fingerprint density at radius 2 is 2.12 bits per heavy atom. The van der Waals surface area contributed by atoms with E-state index in [9.17, 15) is 9.18 Å². The highest BCUT2D eigenvalue weighted by Gasteiger charge is 2.25. The van der Waals surface area contributed by atoms with Gasteiger partial charge < -0.3 is 14.4 Å². The van der Waals surface area contributed by atoms with Crippen molar-refractivity contribution in [3.63, 3.8) is 0 Å². The summed E-state index contributed by atoms with van der Waals surface area (Å²) in [5.41, 5.74) is 0. The lowest BCUT2D eigenvalue weighted by Gasteiger charge is -2.32. The molecule has 0 radical (unpaired) electrons. The summed E-state index contributed by atoms with van der Waals surface area (Å²) in [4.78, 5) is 21.9. The first-order valence-corrected chi connectivity index (χ1v) is 7.79. The van der Waals surface area contributed by atoms with E-state index >= 15 is 0 Å². The number of piperidine rings is 1. The average Bonchev–Trinajstić information content (AvgIpc) is 2.62. The Kier molecular flexibility index (Phi) is 5.20. The summed E-state index contributed by atoms with van der Waals surface area (Å²) in [5.74, 6) is 0.520. The molecule has 24 heavy (non-hydrogen) atoms. The molecule has 1 aliphatic heterocycles. The molecule has 7 heteroatoms. The van der Waals surface area contributed by atoms with Crippen molar-refractivity contribution in [2.45, 2.75) is 18.9 Å². The molecular formula is C17H18FN3O3. The van der Waals surface area contributed by atoms with Gasteiger partial charge in [0, 0.05) is 18.8 Å². The van der Waals surface area contributed by atoms with Gasteiger partial charge in [0.05, 0.1) is 6.54 Å². The number of nitrogens with zero attached hydrogens (tertiary/aromatic N) is 3. The largest absolute Gasteiger partial charge is 0.484 e. The predicted molar refractivity (Wildman–Crippen MR) is 84.2 cm³/mol. The zero-order valence-electron chi connectivity index (χ0n) is 13.1. The molecule has 1 unspecified atom stereocenters. The highest BCUT2D eigenvalue weighted by molar-refractivity contribution is 5.77. The van der Waals surface area contributed by atoms with Crippen molar-refractivity contribution in [1.82, 2.24) is 14.9 Å². The molecule has 1 aliphatic rings. The van der Waals surface area contributed by atoms with Crippen molar-refractivity contribution in [3.05, 3.63) is 48.7 Å². The van der Waals surface area contributed by atoms with E-state index in [1.165, 1.54) is 30.6 Å². The molecule has 0 N–H and O–H groups in total. The van der Waals surface area contributed by atoms with E-state index < -0.39 is 0 Å². The molecule has 1 atom stereocenters. The number of carbonyl (C=O) groups excluding carboxylic acids is 1. The van der Waals surface area contributed by atoms with Gasteiger partial charge in [0.2, 0.25) is 5.88 Å². The number of aromatic nitrogens is 2. The highest BCUT2D eigenvalue weighted by Crippen LogP contribution is 2.17. The Bertz CT molecular complexity index is 667. The fourth-order valence-corrected chi connectivity index (χ4v) is 2.55. The molecule has 1 saturated heterocycles. The Balaban J connectivity index is 1.50. The molecular weight excluding hydrogens is 313 g/mol. The van der Waals surface area contributed by atoms with Crippen molar-refractivity contribution in [2.75, 3.05) is 19.7 Å². The number of hydrogen-bond donors (Lipinski definition) is 0. The Labute approximate surface area is 139 Å². The third-order valence-corrected chi connectivity index (χ3v) is 3.75. The van der Waals surface area contributed by atoms with Crippen LogP contribution in [0.5, 0.6) is 11.6 Å². The molecule has 6 nitrogen and oxygen atoms in total. The first kappa shape index (κ1) is 16.2. The fraction of sp³-hybridized carbons (Fsp3) is 0.353. The van der Waals surface area contributed by atoms with E-state index in [0.717, 1.165) is 12.8 Å². The van der Waals surface area contributed by atoms with Gasteiger partial charge in [0.1, 0.15) is 24.0 Å². The van der Waals surface area contributed by atoms with Crippen molar-refractivity contribution >= 4 is 5.91 Å². The monoisotopic (exact) mass is 331 g/mol. The summed E-state index contributed by atoms with van der Waals surface area (Å²) in [6, 6.07) is 7.29. The van der Waals surface area contributed by atoms with Gasteiger partial charge in [-0.15, -0.1) is 0 Å². The van der Waals surface area contributed by atoms with Gasteiger partial charge in [-0.3, -0.25) is 4.79 Å². The standard InChI is InChI=1S/C17H18FN3O3/c18-13-3-5-14(6-4-13)23-11-17(22)21-9-1-2-15(10-21)24-16-7-8-19-12-20-16/h3-8,12,15H,1-2,9-11H2. The summed E-state index contributed by atoms with van der Waals surface area (Å²) < 4.78 is 24.0. The molecule has 0 bridgehead atoms. The third kappa shape index (κ3) is 4.41. The van der Waals surface area contributed by atoms with Crippen LogP contribution in [0, 0.1) is 5.82 Å². The smallest absolute Gasteiger partial charge is 0.260 e. The Morgan fingerprint density at radius 3 is 2.88 bits per heavy atom. The minimum Gasteiger partial charge on any atom is -0.484 e. The van der Waals surface area contributed by atoms with Crippen LogP contribution in [0.15, 0.2) is 42.9 Å². The fourth-order valence-electron chi connectivity index (χ4n) is 2.55. The van der Waals surface area contributed by atoms with Gasteiger partial charge >= 0.3 is 0 Å². The molecule has 0 spiro atoms. The zero-order valence-corrected chi connectivity index (χ0v) is 13.1. The van der Waals surface area contributed by atoms with E-state index in [1.54, 1.807) is 17.2 Å². The number of ether oxygens (including phenoxy) is 2. The van der Waals surface area contributed by atoms with Crippen molar-refractivity contribution in [1.29, 1.82) is 0 Å². The summed E-state index contributed by atoms with van der Waals surface area (Å²) >= 11 is 0. The van der Waals surface area contributed by atoms with Crippen LogP contribution in [0.25, 0.3) is 0 Å². The number of carbonyl (C=O) groups is 1. The second kappa shape index (κ2) is 7.72. The van der Waals surface area contributed by atoms with Gasteiger partial charge in [0.15, 0.2) is 6.61 Å². The molecule has 2 aromatic rings. The summed E-state index contributed by atoms with van der Waals surface area (Å²) in [7, 11) is 0. The molecule has 126 valence electrons. The predicted octanol–water partition coefficient (Wildman–Crippen LogP) is 2.06. The maximum Gasteiger partial charge on any atom is 0.260 e. The van der Waals surface area contributed by atoms with E-state index in [2.05, 4.69) is 9.97 Å². The van der Waals surface area contributed by atoms with Crippen LogP contribution in [-0.2, 0) is 4.79 Å². The average molecular weight is 331 g/mol. The molecule has 1 amide bonds. The van der Waals surface area contributed by atoms with Gasteiger partial charge in [-0.25, -0.2) is 14.4 Å². The molecule has 0 saturated carbocycles. The van der Waals surface area contributed by atoms with E-state index in [0.29, 0.717) is 24.7 Å². The topological polar surface area (TPSA) is 64.5 Å². The maximum absolute atomic E-state index is 12.8. The number of hydrogen-bond acceptors (Lipinski definition) is 5. The summed E-state index contributed by atoms with van der Waals surface area (Å²) in [6.45, 7) is 1.09. The number of amides is 1. The van der Waals surface area contributed by atoms with E-state index in [1.807, 2.05) is 0 Å². The van der Waals surface area contributed by atoms with Crippen LogP contribution < -0.4 is 9.47 Å². The first-order valence-electron chi connectivity index (χ1n) is 7.79. The summed E-state index contributed by atoms with van der Waals surface area (Å²) in [5, 5.41) is 0. The van der Waals surface area contributed by atoms with Crippen LogP contribution in [0.4, 0.5) is 4.39 Å². The lowest BCUT2D eigenvalue weighted by atomic mass is 10.1. The van der Waals surface area contributed by atoms with Crippen molar-refractivity contribution in [3.8, 4) is 11.6 Å². The lowest BCUT2D eigenvalue weighted by Crippen LogP contribution is -2.46. The van der Waals surface area contributed by atoms with Gasteiger partial charge in [-0.1, -0.05) is 0 Å². The zero-order chi connectivity index (χ0) is 16.8.